The number of halogens is 1. The van der Waals surface area contributed by atoms with Crippen LogP contribution in [0.3, 0.4) is 0 Å². The highest BCUT2D eigenvalue weighted by Gasteiger charge is 2.35. The fraction of sp³-hybridized carbons (Fsp3) is 0.310. The van der Waals surface area contributed by atoms with E-state index in [1.165, 1.54) is 29.2 Å². The van der Waals surface area contributed by atoms with E-state index in [1.807, 2.05) is 52.8 Å². The summed E-state index contributed by atoms with van der Waals surface area (Å²) in [5, 5.41) is 3.00. The summed E-state index contributed by atoms with van der Waals surface area (Å²) in [6, 6.07) is 15.3. The lowest BCUT2D eigenvalue weighted by Crippen LogP contribution is -2.49. The summed E-state index contributed by atoms with van der Waals surface area (Å²) >= 11 is 0. The second kappa shape index (κ2) is 10.0. The van der Waals surface area contributed by atoms with Crippen LogP contribution >= 0.6 is 0 Å². The lowest BCUT2D eigenvalue weighted by atomic mass is 9.99. The van der Waals surface area contributed by atoms with Crippen molar-refractivity contribution in [2.24, 2.45) is 0 Å². The zero-order valence-corrected chi connectivity index (χ0v) is 21.2. The molecule has 0 aliphatic carbocycles. The first-order valence-corrected chi connectivity index (χ1v) is 11.9. The van der Waals surface area contributed by atoms with Crippen molar-refractivity contribution in [1.82, 2.24) is 5.32 Å². The number of benzene rings is 3. The molecule has 2 amide bonds. The molecule has 0 bridgehead atoms. The van der Waals surface area contributed by atoms with Crippen LogP contribution in [0.2, 0.25) is 0 Å². The Morgan fingerprint density at radius 1 is 0.889 bits per heavy atom. The van der Waals surface area contributed by atoms with Crippen LogP contribution in [0.25, 0.3) is 0 Å². The average molecular weight is 491 g/mol. The zero-order valence-electron chi connectivity index (χ0n) is 21.2. The van der Waals surface area contributed by atoms with Crippen molar-refractivity contribution in [3.8, 4) is 11.5 Å². The SMILES string of the molecule is Cc1cc(C)cc(N(C(=O)c2ccc3c(c2)OCCO3)[C@H](C(=O)NC(C)(C)C)c2ccc(F)cc2)c1. The van der Waals surface area contributed by atoms with Gasteiger partial charge in [-0.3, -0.25) is 14.5 Å². The van der Waals surface area contributed by atoms with Gasteiger partial charge >= 0.3 is 0 Å². The minimum atomic E-state index is -1.05. The summed E-state index contributed by atoms with van der Waals surface area (Å²) in [6.07, 6.45) is 0. The molecule has 1 heterocycles. The number of hydrogen-bond acceptors (Lipinski definition) is 4. The molecule has 4 rings (SSSR count). The first kappa shape index (κ1) is 25.2. The van der Waals surface area contributed by atoms with Gasteiger partial charge in [0.25, 0.3) is 5.91 Å². The predicted octanol–water partition coefficient (Wildman–Crippen LogP) is 5.52. The van der Waals surface area contributed by atoms with Gasteiger partial charge in [0.1, 0.15) is 25.1 Å². The van der Waals surface area contributed by atoms with E-state index in [0.29, 0.717) is 41.5 Å². The molecule has 0 saturated heterocycles. The number of ether oxygens (including phenoxy) is 2. The number of nitrogens with zero attached hydrogens (tertiary/aromatic N) is 1. The topological polar surface area (TPSA) is 67.9 Å². The van der Waals surface area contributed by atoms with E-state index in [2.05, 4.69) is 5.32 Å². The molecule has 3 aromatic carbocycles. The molecule has 6 nitrogen and oxygen atoms in total. The van der Waals surface area contributed by atoms with Crippen LogP contribution in [0.5, 0.6) is 11.5 Å². The van der Waals surface area contributed by atoms with Crippen LogP contribution in [-0.2, 0) is 4.79 Å². The van der Waals surface area contributed by atoms with Crippen LogP contribution < -0.4 is 19.7 Å². The van der Waals surface area contributed by atoms with Crippen molar-refractivity contribution in [3.05, 3.63) is 88.7 Å². The molecule has 0 aromatic heterocycles. The molecule has 36 heavy (non-hydrogen) atoms. The quantitative estimate of drug-likeness (QED) is 0.512. The summed E-state index contributed by atoms with van der Waals surface area (Å²) in [7, 11) is 0. The molecule has 0 fully saturated rings. The molecule has 1 N–H and O–H groups in total. The molecule has 0 spiro atoms. The van der Waals surface area contributed by atoms with E-state index in [4.69, 9.17) is 9.47 Å². The maximum absolute atomic E-state index is 14.2. The number of aryl methyl sites for hydroxylation is 2. The fourth-order valence-electron chi connectivity index (χ4n) is 4.29. The van der Waals surface area contributed by atoms with Gasteiger partial charge in [-0.05, 0) is 93.8 Å². The maximum atomic E-state index is 14.2. The maximum Gasteiger partial charge on any atom is 0.259 e. The van der Waals surface area contributed by atoms with E-state index < -0.39 is 23.3 Å². The molecule has 188 valence electrons. The highest BCUT2D eigenvalue weighted by atomic mass is 19.1. The molecular weight excluding hydrogens is 459 g/mol. The highest BCUT2D eigenvalue weighted by molar-refractivity contribution is 6.10. The summed E-state index contributed by atoms with van der Waals surface area (Å²) in [4.78, 5) is 29.4. The molecule has 1 aliphatic heterocycles. The van der Waals surface area contributed by atoms with Crippen LogP contribution in [0.4, 0.5) is 10.1 Å². The average Bonchev–Trinajstić information content (AvgIpc) is 2.80. The number of fused-ring (bicyclic) bond motifs is 1. The van der Waals surface area contributed by atoms with Gasteiger partial charge < -0.3 is 14.8 Å². The molecule has 3 aromatic rings. The van der Waals surface area contributed by atoms with Gasteiger partial charge in [0.2, 0.25) is 5.91 Å². The van der Waals surface area contributed by atoms with E-state index >= 15 is 0 Å². The van der Waals surface area contributed by atoms with Crippen molar-refractivity contribution in [1.29, 1.82) is 0 Å². The molecular formula is C29H31FN2O4. The van der Waals surface area contributed by atoms with Gasteiger partial charge in [0.05, 0.1) is 0 Å². The lowest BCUT2D eigenvalue weighted by molar-refractivity contribution is -0.123. The van der Waals surface area contributed by atoms with Crippen LogP contribution in [0.15, 0.2) is 60.7 Å². The monoisotopic (exact) mass is 490 g/mol. The van der Waals surface area contributed by atoms with Gasteiger partial charge in [0.15, 0.2) is 11.5 Å². The van der Waals surface area contributed by atoms with Crippen molar-refractivity contribution in [3.63, 3.8) is 0 Å². The Morgan fingerprint density at radius 3 is 2.11 bits per heavy atom. The molecule has 1 aliphatic rings. The third-order valence-electron chi connectivity index (χ3n) is 5.68. The first-order valence-electron chi connectivity index (χ1n) is 11.9. The number of nitrogens with one attached hydrogen (secondary N) is 1. The Morgan fingerprint density at radius 2 is 1.50 bits per heavy atom. The van der Waals surface area contributed by atoms with E-state index in [9.17, 15) is 14.0 Å². The standard InChI is InChI=1S/C29H31FN2O4/c1-18-14-19(2)16-23(15-18)32(28(34)21-8-11-24-25(17-21)36-13-12-35-24)26(27(33)31-29(3,4)5)20-6-9-22(30)10-7-20/h6-11,14-17,26H,12-13H2,1-5H3,(H,31,33)/t26-/m0/s1. The second-order valence-corrected chi connectivity index (χ2v) is 10.1. The highest BCUT2D eigenvalue weighted by Crippen LogP contribution is 2.35. The summed E-state index contributed by atoms with van der Waals surface area (Å²) < 4.78 is 25.1. The summed E-state index contributed by atoms with van der Waals surface area (Å²) in [5.41, 5.74) is 2.73. The zero-order chi connectivity index (χ0) is 26.0. The van der Waals surface area contributed by atoms with Crippen LogP contribution in [0, 0.1) is 19.7 Å². The molecule has 0 radical (unpaired) electrons. The lowest BCUT2D eigenvalue weighted by Gasteiger charge is -2.34. The molecule has 0 unspecified atom stereocenters. The van der Waals surface area contributed by atoms with E-state index in [0.717, 1.165) is 11.1 Å². The van der Waals surface area contributed by atoms with Gasteiger partial charge in [-0.1, -0.05) is 18.2 Å². The van der Waals surface area contributed by atoms with Gasteiger partial charge in [-0.25, -0.2) is 4.39 Å². The number of carbonyl (C=O) groups is 2. The number of rotatable bonds is 5. The van der Waals surface area contributed by atoms with Gasteiger partial charge in [0, 0.05) is 16.8 Å². The third kappa shape index (κ3) is 5.67. The van der Waals surface area contributed by atoms with Gasteiger partial charge in [-0.15, -0.1) is 0 Å². The Bertz CT molecular complexity index is 1260. The third-order valence-corrected chi connectivity index (χ3v) is 5.68. The number of amides is 2. The normalized spacial score (nSPS) is 13.6. The Labute approximate surface area is 211 Å². The smallest absolute Gasteiger partial charge is 0.259 e. The van der Waals surface area contributed by atoms with E-state index in [1.54, 1.807) is 18.2 Å². The fourth-order valence-corrected chi connectivity index (χ4v) is 4.29. The Balaban J connectivity index is 1.89. The second-order valence-electron chi connectivity index (χ2n) is 10.1. The van der Waals surface area contributed by atoms with Crippen molar-refractivity contribution >= 4 is 17.5 Å². The van der Waals surface area contributed by atoms with Crippen LogP contribution in [-0.4, -0.2) is 30.6 Å². The van der Waals surface area contributed by atoms with E-state index in [-0.39, 0.29) is 5.91 Å². The first-order chi connectivity index (χ1) is 17.0. The van der Waals surface area contributed by atoms with Crippen molar-refractivity contribution in [2.45, 2.75) is 46.2 Å². The number of hydrogen-bond donors (Lipinski definition) is 1. The predicted molar refractivity (Wildman–Crippen MR) is 137 cm³/mol. The largest absolute Gasteiger partial charge is 0.486 e. The minimum absolute atomic E-state index is 0.342. The molecule has 7 heteroatoms. The summed E-state index contributed by atoms with van der Waals surface area (Å²) in [6.45, 7) is 10.3. The summed E-state index contributed by atoms with van der Waals surface area (Å²) in [5.74, 6) is -0.152. The Hall–Kier alpha value is -3.87. The Kier molecular flexibility index (Phi) is 7.02. The minimum Gasteiger partial charge on any atom is -0.486 e. The molecule has 1 atom stereocenters. The van der Waals surface area contributed by atoms with Crippen LogP contribution in [0.1, 0.15) is 53.9 Å². The van der Waals surface area contributed by atoms with Crippen molar-refractivity contribution in [2.75, 3.05) is 18.1 Å². The van der Waals surface area contributed by atoms with Gasteiger partial charge in [-0.2, -0.15) is 0 Å². The van der Waals surface area contributed by atoms with Crippen molar-refractivity contribution < 1.29 is 23.5 Å². The number of carbonyl (C=O) groups excluding carboxylic acids is 2. The molecule has 0 saturated carbocycles. The number of anilines is 1.